The van der Waals surface area contributed by atoms with E-state index in [0.29, 0.717) is 18.5 Å². The van der Waals surface area contributed by atoms with Crippen molar-refractivity contribution in [1.82, 2.24) is 20.1 Å². The summed E-state index contributed by atoms with van der Waals surface area (Å²) in [5.74, 6) is 1.87. The van der Waals surface area contributed by atoms with Crippen LogP contribution >= 0.6 is 0 Å². The highest BCUT2D eigenvalue weighted by molar-refractivity contribution is 5.76. The summed E-state index contributed by atoms with van der Waals surface area (Å²) in [6, 6.07) is 6.10. The number of piperidine rings is 3. The average Bonchev–Trinajstić information content (AvgIpc) is 2.82. The summed E-state index contributed by atoms with van der Waals surface area (Å²) in [7, 11) is 0. The Morgan fingerprint density at radius 1 is 1.06 bits per heavy atom. The maximum Gasteiger partial charge on any atom is 0.220 e. The Balaban J connectivity index is 1.23. The van der Waals surface area contributed by atoms with Gasteiger partial charge in [0, 0.05) is 50.0 Å². The van der Waals surface area contributed by atoms with Gasteiger partial charge >= 0.3 is 0 Å². The van der Waals surface area contributed by atoms with Crippen molar-refractivity contribution in [3.8, 4) is 0 Å². The summed E-state index contributed by atoms with van der Waals surface area (Å²) in [5.41, 5.74) is 1.33. The SMILES string of the molecule is O=C(CCC[C@@H]1[C@H]2CCCN3CCC[C@@H](CN1Cc1cccnc1)[C@@H]23)NC1CCCCC1. The van der Waals surface area contributed by atoms with Crippen LogP contribution in [0.4, 0.5) is 0 Å². The normalized spacial score (nSPS) is 31.8. The van der Waals surface area contributed by atoms with Gasteiger partial charge in [-0.1, -0.05) is 25.3 Å². The molecule has 1 saturated carbocycles. The number of pyridine rings is 1. The maximum absolute atomic E-state index is 12.6. The van der Waals surface area contributed by atoms with Crippen LogP contribution in [0.15, 0.2) is 24.5 Å². The molecule has 4 atom stereocenters. The van der Waals surface area contributed by atoms with E-state index < -0.39 is 0 Å². The van der Waals surface area contributed by atoms with Crippen molar-refractivity contribution < 1.29 is 4.79 Å². The largest absolute Gasteiger partial charge is 0.353 e. The fourth-order valence-electron chi connectivity index (χ4n) is 7.41. The van der Waals surface area contributed by atoms with Gasteiger partial charge in [0.25, 0.3) is 0 Å². The zero-order valence-electron chi connectivity index (χ0n) is 19.8. The number of carbonyl (C=O) groups is 1. The molecule has 3 saturated heterocycles. The first kappa shape index (κ1) is 22.3. The number of likely N-dealkylation sites (tertiary alicyclic amines) is 1. The highest BCUT2D eigenvalue weighted by Crippen LogP contribution is 2.43. The monoisotopic (exact) mass is 438 g/mol. The van der Waals surface area contributed by atoms with Crippen LogP contribution in [-0.2, 0) is 11.3 Å². The van der Waals surface area contributed by atoms with Gasteiger partial charge in [0.15, 0.2) is 0 Å². The van der Waals surface area contributed by atoms with Crippen molar-refractivity contribution in [3.05, 3.63) is 30.1 Å². The summed E-state index contributed by atoms with van der Waals surface area (Å²) in [6.45, 7) is 4.82. The molecule has 1 N–H and O–H groups in total. The molecule has 0 radical (unpaired) electrons. The quantitative estimate of drug-likeness (QED) is 0.687. The fraction of sp³-hybridized carbons (Fsp3) is 0.778. The van der Waals surface area contributed by atoms with E-state index in [9.17, 15) is 4.79 Å². The Morgan fingerprint density at radius 3 is 2.72 bits per heavy atom. The Labute approximate surface area is 194 Å². The number of carbonyl (C=O) groups excluding carboxylic acids is 1. The molecular formula is C27H42N4O. The third-order valence-electron chi connectivity index (χ3n) is 8.76. The van der Waals surface area contributed by atoms with Gasteiger partial charge in [0.2, 0.25) is 5.91 Å². The van der Waals surface area contributed by atoms with Crippen molar-refractivity contribution in [2.24, 2.45) is 11.8 Å². The first-order chi connectivity index (χ1) is 15.8. The minimum atomic E-state index is 0.285. The first-order valence-electron chi connectivity index (χ1n) is 13.4. The number of rotatable bonds is 7. The molecule has 5 rings (SSSR count). The van der Waals surface area contributed by atoms with Crippen molar-refractivity contribution in [1.29, 1.82) is 0 Å². The van der Waals surface area contributed by atoms with Gasteiger partial charge in [-0.2, -0.15) is 0 Å². The number of amides is 1. The summed E-state index contributed by atoms with van der Waals surface area (Å²) in [5, 5.41) is 3.33. The summed E-state index contributed by atoms with van der Waals surface area (Å²) in [4.78, 5) is 22.6. The zero-order chi connectivity index (χ0) is 21.8. The topological polar surface area (TPSA) is 48.5 Å². The van der Waals surface area contributed by atoms with Gasteiger partial charge in [-0.05, 0) is 87.9 Å². The molecule has 32 heavy (non-hydrogen) atoms. The molecule has 3 aliphatic heterocycles. The number of hydrogen-bond donors (Lipinski definition) is 1. The van der Waals surface area contributed by atoms with Crippen LogP contribution in [0.1, 0.15) is 82.6 Å². The van der Waals surface area contributed by atoms with E-state index in [4.69, 9.17) is 0 Å². The van der Waals surface area contributed by atoms with E-state index in [1.165, 1.54) is 83.0 Å². The third-order valence-corrected chi connectivity index (χ3v) is 8.76. The lowest BCUT2D eigenvalue weighted by atomic mass is 9.69. The van der Waals surface area contributed by atoms with Crippen LogP contribution in [0.5, 0.6) is 0 Å². The molecule has 0 unspecified atom stereocenters. The van der Waals surface area contributed by atoms with Gasteiger partial charge in [-0.15, -0.1) is 0 Å². The lowest BCUT2D eigenvalue weighted by Gasteiger charge is -2.57. The maximum atomic E-state index is 12.6. The summed E-state index contributed by atoms with van der Waals surface area (Å²) >= 11 is 0. The second kappa shape index (κ2) is 10.6. The molecule has 1 aromatic heterocycles. The molecular weight excluding hydrogens is 396 g/mol. The highest BCUT2D eigenvalue weighted by atomic mass is 16.1. The number of aromatic nitrogens is 1. The van der Waals surface area contributed by atoms with Crippen LogP contribution < -0.4 is 5.32 Å². The van der Waals surface area contributed by atoms with Gasteiger partial charge < -0.3 is 5.32 Å². The van der Waals surface area contributed by atoms with Crippen molar-refractivity contribution in [2.45, 2.75) is 102 Å². The van der Waals surface area contributed by atoms with E-state index in [1.807, 2.05) is 12.4 Å². The first-order valence-corrected chi connectivity index (χ1v) is 13.4. The minimum absolute atomic E-state index is 0.285. The Hall–Kier alpha value is -1.46. The van der Waals surface area contributed by atoms with Crippen molar-refractivity contribution in [3.63, 3.8) is 0 Å². The second-order valence-corrected chi connectivity index (χ2v) is 10.9. The van der Waals surface area contributed by atoms with E-state index in [1.54, 1.807) is 0 Å². The molecule has 5 nitrogen and oxygen atoms in total. The predicted octanol–water partition coefficient (Wildman–Crippen LogP) is 4.38. The van der Waals surface area contributed by atoms with E-state index in [-0.39, 0.29) is 5.91 Å². The molecule has 1 aliphatic carbocycles. The van der Waals surface area contributed by atoms with Gasteiger partial charge in [0.05, 0.1) is 0 Å². The van der Waals surface area contributed by atoms with Gasteiger partial charge in [0.1, 0.15) is 0 Å². The zero-order valence-corrected chi connectivity index (χ0v) is 19.8. The molecule has 5 heteroatoms. The molecule has 4 heterocycles. The molecule has 0 bridgehead atoms. The molecule has 4 fully saturated rings. The number of nitrogens with zero attached hydrogens (tertiary/aromatic N) is 3. The highest BCUT2D eigenvalue weighted by Gasteiger charge is 2.48. The van der Waals surface area contributed by atoms with E-state index >= 15 is 0 Å². The van der Waals surface area contributed by atoms with Crippen LogP contribution in [0.25, 0.3) is 0 Å². The summed E-state index contributed by atoms with van der Waals surface area (Å²) in [6.07, 6.45) is 18.5. The Kier molecular flexibility index (Phi) is 7.43. The number of hydrogen-bond acceptors (Lipinski definition) is 4. The second-order valence-electron chi connectivity index (χ2n) is 10.9. The van der Waals surface area contributed by atoms with E-state index in [2.05, 4.69) is 32.2 Å². The van der Waals surface area contributed by atoms with Crippen LogP contribution in [0, 0.1) is 11.8 Å². The Bertz CT molecular complexity index is 732. The lowest BCUT2D eigenvalue weighted by molar-refractivity contribution is -0.122. The smallest absolute Gasteiger partial charge is 0.220 e. The fourth-order valence-corrected chi connectivity index (χ4v) is 7.41. The Morgan fingerprint density at radius 2 is 1.91 bits per heavy atom. The molecule has 4 aliphatic rings. The predicted molar refractivity (Wildman–Crippen MR) is 128 cm³/mol. The van der Waals surface area contributed by atoms with Gasteiger partial charge in [-0.3, -0.25) is 19.6 Å². The molecule has 1 aromatic rings. The van der Waals surface area contributed by atoms with Crippen molar-refractivity contribution >= 4 is 5.91 Å². The van der Waals surface area contributed by atoms with E-state index in [0.717, 1.165) is 37.3 Å². The van der Waals surface area contributed by atoms with Crippen LogP contribution in [-0.4, -0.2) is 58.5 Å². The van der Waals surface area contributed by atoms with Crippen LogP contribution in [0.2, 0.25) is 0 Å². The third kappa shape index (κ3) is 5.20. The number of nitrogens with one attached hydrogen (secondary N) is 1. The molecule has 1 amide bonds. The van der Waals surface area contributed by atoms with Crippen LogP contribution in [0.3, 0.4) is 0 Å². The lowest BCUT2D eigenvalue weighted by Crippen LogP contribution is -2.64. The molecule has 0 spiro atoms. The summed E-state index contributed by atoms with van der Waals surface area (Å²) < 4.78 is 0. The van der Waals surface area contributed by atoms with Gasteiger partial charge in [-0.25, -0.2) is 0 Å². The molecule has 0 aromatic carbocycles. The van der Waals surface area contributed by atoms with Crippen molar-refractivity contribution in [2.75, 3.05) is 19.6 Å². The molecule has 176 valence electrons. The average molecular weight is 439 g/mol. The minimum Gasteiger partial charge on any atom is -0.353 e. The standard InChI is InChI=1S/C27H42N4O/c32-26(29-23-10-2-1-3-11-23)14-4-13-25-24-12-7-17-30-16-6-9-22(27(24)30)20-31(25)19-21-8-5-15-28-18-21/h5,8,15,18,22-25,27H,1-4,6-7,9-14,16-17,19-20H2,(H,29,32)/t22-,24+,25+,27-/m0/s1.